The van der Waals surface area contributed by atoms with Gasteiger partial charge in [-0.1, -0.05) is 0 Å². The molecule has 23 heavy (non-hydrogen) atoms. The van der Waals surface area contributed by atoms with Crippen LogP contribution in [0, 0.1) is 17.5 Å². The van der Waals surface area contributed by atoms with E-state index in [0.717, 1.165) is 30.0 Å². The second-order valence-electron chi connectivity index (χ2n) is 5.63. The van der Waals surface area contributed by atoms with Gasteiger partial charge in [0.1, 0.15) is 6.04 Å². The molecule has 0 radical (unpaired) electrons. The lowest BCUT2D eigenvalue weighted by atomic mass is 10.0. The molecule has 1 aliphatic rings. The molecule has 0 bridgehead atoms. The monoisotopic (exact) mass is 341 g/mol. The summed E-state index contributed by atoms with van der Waals surface area (Å²) in [7, 11) is 0. The smallest absolute Gasteiger partial charge is 0.279 e. The fourth-order valence-electron chi connectivity index (χ4n) is 2.91. The Balaban J connectivity index is 1.68. The minimum absolute atomic E-state index is 0.148. The van der Waals surface area contributed by atoms with Gasteiger partial charge in [0.2, 0.25) is 0 Å². The maximum atomic E-state index is 13.6. The zero-order chi connectivity index (χ0) is 16.6. The van der Waals surface area contributed by atoms with Gasteiger partial charge in [-0.25, -0.2) is 13.2 Å². The number of hydrogen-bond acceptors (Lipinski definition) is 2. The molecule has 0 saturated heterocycles. The van der Waals surface area contributed by atoms with Crippen molar-refractivity contribution in [2.75, 3.05) is 18.4 Å². The van der Waals surface area contributed by atoms with E-state index in [0.29, 0.717) is 0 Å². The summed E-state index contributed by atoms with van der Waals surface area (Å²) in [5.41, 5.74) is 0.900. The molecule has 2 N–H and O–H groups in total. The quantitative estimate of drug-likeness (QED) is 0.826. The highest BCUT2D eigenvalue weighted by molar-refractivity contribution is 7.10. The van der Waals surface area contributed by atoms with E-state index in [1.54, 1.807) is 11.3 Å². The van der Waals surface area contributed by atoms with Crippen molar-refractivity contribution in [1.82, 2.24) is 0 Å². The van der Waals surface area contributed by atoms with Gasteiger partial charge in [-0.15, -0.1) is 11.3 Å². The molecule has 2 heterocycles. The lowest BCUT2D eigenvalue weighted by Crippen LogP contribution is -3.14. The number of nitrogens with one attached hydrogen (secondary N) is 2. The number of quaternary nitrogens is 1. The van der Waals surface area contributed by atoms with Gasteiger partial charge < -0.3 is 10.2 Å². The van der Waals surface area contributed by atoms with Crippen LogP contribution in [-0.4, -0.2) is 19.0 Å². The van der Waals surface area contributed by atoms with Crippen LogP contribution >= 0.6 is 11.3 Å². The Morgan fingerprint density at radius 3 is 2.87 bits per heavy atom. The van der Waals surface area contributed by atoms with Crippen molar-refractivity contribution in [3.63, 3.8) is 0 Å². The highest BCUT2D eigenvalue weighted by Gasteiger charge is 2.30. The minimum Gasteiger partial charge on any atom is -0.321 e. The van der Waals surface area contributed by atoms with Crippen LogP contribution in [0.1, 0.15) is 23.4 Å². The molecular formula is C16H16F3N2OS+. The van der Waals surface area contributed by atoms with Crippen LogP contribution in [0.2, 0.25) is 0 Å². The molecule has 1 amide bonds. The number of amides is 1. The predicted molar refractivity (Wildman–Crippen MR) is 82.1 cm³/mol. The second kappa shape index (κ2) is 6.33. The summed E-state index contributed by atoms with van der Waals surface area (Å²) < 4.78 is 39.7. The lowest BCUT2D eigenvalue weighted by Gasteiger charge is -2.29. The standard InChI is InChI=1S/C16H15F3N2OS/c1-9-10-5-7-23-13(10)4-6-21(9)8-14(22)20-12-3-2-11(17)15(18)16(12)19/h2-3,5,7,9H,4,6,8H2,1H3,(H,20,22)/p+1/t9-/m1/s1. The first kappa shape index (κ1) is 16.0. The number of fused-ring (bicyclic) bond motifs is 1. The van der Waals surface area contributed by atoms with Crippen molar-refractivity contribution >= 4 is 22.9 Å². The number of anilines is 1. The summed E-state index contributed by atoms with van der Waals surface area (Å²) in [5.74, 6) is -4.65. The number of hydrogen-bond donors (Lipinski definition) is 2. The van der Waals surface area contributed by atoms with Crippen molar-refractivity contribution in [1.29, 1.82) is 0 Å². The molecule has 2 atom stereocenters. The maximum absolute atomic E-state index is 13.6. The molecule has 0 aliphatic carbocycles. The van der Waals surface area contributed by atoms with Crippen molar-refractivity contribution in [2.45, 2.75) is 19.4 Å². The van der Waals surface area contributed by atoms with Gasteiger partial charge in [0.25, 0.3) is 5.91 Å². The molecule has 7 heteroatoms. The third kappa shape index (κ3) is 3.11. The Bertz CT molecular complexity index is 747. The number of halogens is 3. The number of benzene rings is 1. The molecule has 122 valence electrons. The summed E-state index contributed by atoms with van der Waals surface area (Å²) in [6.07, 6.45) is 0.902. The normalized spacial score (nSPS) is 20.2. The molecule has 1 unspecified atom stereocenters. The summed E-state index contributed by atoms with van der Waals surface area (Å²) in [6.45, 7) is 3.00. The van der Waals surface area contributed by atoms with E-state index in [2.05, 4.69) is 11.4 Å². The van der Waals surface area contributed by atoms with Crippen LogP contribution in [0.3, 0.4) is 0 Å². The maximum Gasteiger partial charge on any atom is 0.279 e. The zero-order valence-corrected chi connectivity index (χ0v) is 13.3. The number of thiophene rings is 1. The molecule has 1 aliphatic heterocycles. The van der Waals surface area contributed by atoms with Gasteiger partial charge >= 0.3 is 0 Å². The van der Waals surface area contributed by atoms with Gasteiger partial charge in [-0.2, -0.15) is 0 Å². The zero-order valence-electron chi connectivity index (χ0n) is 12.5. The molecule has 2 aromatic rings. The van der Waals surface area contributed by atoms with Crippen LogP contribution in [0.5, 0.6) is 0 Å². The Morgan fingerprint density at radius 2 is 2.09 bits per heavy atom. The molecule has 3 nitrogen and oxygen atoms in total. The fourth-order valence-corrected chi connectivity index (χ4v) is 3.89. The van der Waals surface area contributed by atoms with Crippen LogP contribution < -0.4 is 10.2 Å². The summed E-state index contributed by atoms with van der Waals surface area (Å²) >= 11 is 1.72. The summed E-state index contributed by atoms with van der Waals surface area (Å²) in [6, 6.07) is 4.06. The van der Waals surface area contributed by atoms with E-state index in [1.807, 2.05) is 12.3 Å². The van der Waals surface area contributed by atoms with Crippen molar-refractivity contribution in [3.05, 3.63) is 51.5 Å². The molecule has 3 rings (SSSR count). The lowest BCUT2D eigenvalue weighted by molar-refractivity contribution is -0.923. The highest BCUT2D eigenvalue weighted by atomic mass is 32.1. The third-order valence-corrected chi connectivity index (χ3v) is 5.23. The molecule has 0 saturated carbocycles. The van der Waals surface area contributed by atoms with Crippen molar-refractivity contribution in [2.24, 2.45) is 0 Å². The Hall–Kier alpha value is -1.86. The third-order valence-electron chi connectivity index (χ3n) is 4.23. The van der Waals surface area contributed by atoms with Crippen LogP contribution in [-0.2, 0) is 11.2 Å². The molecule has 0 fully saturated rings. The molecule has 0 spiro atoms. The van der Waals surface area contributed by atoms with Gasteiger partial charge in [0, 0.05) is 16.9 Å². The minimum atomic E-state index is -1.58. The van der Waals surface area contributed by atoms with Crippen LogP contribution in [0.15, 0.2) is 23.6 Å². The second-order valence-corrected chi connectivity index (χ2v) is 6.63. The topological polar surface area (TPSA) is 33.5 Å². The van der Waals surface area contributed by atoms with Crippen LogP contribution in [0.4, 0.5) is 18.9 Å². The van der Waals surface area contributed by atoms with Crippen molar-refractivity contribution in [3.8, 4) is 0 Å². The average molecular weight is 341 g/mol. The van der Waals surface area contributed by atoms with E-state index < -0.39 is 23.4 Å². The molecular weight excluding hydrogens is 325 g/mol. The van der Waals surface area contributed by atoms with E-state index >= 15 is 0 Å². The number of carbonyl (C=O) groups excluding carboxylic acids is 1. The van der Waals surface area contributed by atoms with Gasteiger partial charge in [-0.05, 0) is 30.5 Å². The van der Waals surface area contributed by atoms with Crippen molar-refractivity contribution < 1.29 is 22.9 Å². The Kier molecular flexibility index (Phi) is 4.41. The summed E-state index contributed by atoms with van der Waals surface area (Å²) in [4.78, 5) is 14.5. The first-order chi connectivity index (χ1) is 11.0. The Labute approximate surface area is 135 Å². The van der Waals surface area contributed by atoms with Gasteiger partial charge in [0.05, 0.1) is 12.2 Å². The first-order valence-corrected chi connectivity index (χ1v) is 8.19. The van der Waals surface area contributed by atoms with Gasteiger partial charge in [0.15, 0.2) is 24.0 Å². The van der Waals surface area contributed by atoms with E-state index in [9.17, 15) is 18.0 Å². The van der Waals surface area contributed by atoms with Crippen LogP contribution in [0.25, 0.3) is 0 Å². The van der Waals surface area contributed by atoms with Gasteiger partial charge in [-0.3, -0.25) is 4.79 Å². The summed E-state index contributed by atoms with van der Waals surface area (Å²) in [5, 5.41) is 4.37. The average Bonchev–Trinajstić information content (AvgIpc) is 3.00. The van der Waals surface area contributed by atoms with E-state index in [4.69, 9.17) is 0 Å². The first-order valence-electron chi connectivity index (χ1n) is 7.31. The molecule has 1 aromatic heterocycles. The highest BCUT2D eigenvalue weighted by Crippen LogP contribution is 2.24. The van der Waals surface area contributed by atoms with E-state index in [-0.39, 0.29) is 18.3 Å². The van der Waals surface area contributed by atoms with E-state index in [1.165, 1.54) is 10.4 Å². The fraction of sp³-hybridized carbons (Fsp3) is 0.312. The molecule has 1 aromatic carbocycles. The largest absolute Gasteiger partial charge is 0.321 e. The SMILES string of the molecule is C[C@@H]1c2ccsc2CC[NH+]1CC(=O)Nc1ccc(F)c(F)c1F. The number of rotatable bonds is 3. The number of carbonyl (C=O) groups is 1. The Morgan fingerprint density at radius 1 is 1.30 bits per heavy atom. The predicted octanol–water partition coefficient (Wildman–Crippen LogP) is 2.31.